The topological polar surface area (TPSA) is 15.3 Å². The Hall–Kier alpha value is -0.0800. The summed E-state index contributed by atoms with van der Waals surface area (Å²) in [7, 11) is 6.66. The Bertz CT molecular complexity index is 203. The molecular formula is C15H32N2. The minimum absolute atomic E-state index is 0.330. The van der Waals surface area contributed by atoms with E-state index in [9.17, 15) is 0 Å². The minimum Gasteiger partial charge on any atom is -0.315 e. The lowest BCUT2D eigenvalue weighted by atomic mass is 9.72. The first-order valence-electron chi connectivity index (χ1n) is 7.47. The zero-order valence-corrected chi connectivity index (χ0v) is 12.6. The van der Waals surface area contributed by atoms with Crippen molar-refractivity contribution in [2.45, 2.75) is 70.4 Å². The van der Waals surface area contributed by atoms with Crippen LogP contribution in [0.2, 0.25) is 0 Å². The van der Waals surface area contributed by atoms with E-state index in [1.165, 1.54) is 44.9 Å². The highest BCUT2D eigenvalue weighted by Crippen LogP contribution is 2.36. The Morgan fingerprint density at radius 3 is 2.00 bits per heavy atom. The Morgan fingerprint density at radius 1 is 1.12 bits per heavy atom. The van der Waals surface area contributed by atoms with Gasteiger partial charge in [-0.15, -0.1) is 0 Å². The van der Waals surface area contributed by atoms with Crippen LogP contribution in [0.3, 0.4) is 0 Å². The average Bonchev–Trinajstić information content (AvgIpc) is 2.36. The number of likely N-dealkylation sites (N-methyl/N-ethyl adjacent to an activating group) is 2. The molecule has 1 fully saturated rings. The van der Waals surface area contributed by atoms with E-state index in [-0.39, 0.29) is 0 Å². The van der Waals surface area contributed by atoms with Crippen molar-refractivity contribution in [3.05, 3.63) is 0 Å². The maximum Gasteiger partial charge on any atom is 0.0353 e. The van der Waals surface area contributed by atoms with Gasteiger partial charge in [-0.1, -0.05) is 33.1 Å². The van der Waals surface area contributed by atoms with Crippen molar-refractivity contribution in [2.24, 2.45) is 5.92 Å². The van der Waals surface area contributed by atoms with Gasteiger partial charge in [0.1, 0.15) is 0 Å². The number of nitrogens with zero attached hydrogens (tertiary/aromatic N) is 1. The first kappa shape index (κ1) is 15.0. The molecule has 0 saturated heterocycles. The van der Waals surface area contributed by atoms with E-state index in [0.717, 1.165) is 5.92 Å². The molecule has 1 rings (SSSR count). The van der Waals surface area contributed by atoms with Crippen LogP contribution in [0.5, 0.6) is 0 Å². The quantitative estimate of drug-likeness (QED) is 0.766. The van der Waals surface area contributed by atoms with Crippen LogP contribution in [-0.4, -0.2) is 37.6 Å². The van der Waals surface area contributed by atoms with Gasteiger partial charge in [-0.25, -0.2) is 0 Å². The lowest BCUT2D eigenvalue weighted by molar-refractivity contribution is 0.0523. The summed E-state index contributed by atoms with van der Waals surface area (Å²) < 4.78 is 0. The Morgan fingerprint density at radius 2 is 1.65 bits per heavy atom. The summed E-state index contributed by atoms with van der Waals surface area (Å²) in [5, 5.41) is 3.65. The molecule has 0 aliphatic heterocycles. The molecule has 0 aromatic heterocycles. The second-order valence-electron chi connectivity index (χ2n) is 5.87. The van der Waals surface area contributed by atoms with E-state index in [1.807, 2.05) is 0 Å². The molecule has 0 bridgehead atoms. The van der Waals surface area contributed by atoms with Crippen LogP contribution in [0.25, 0.3) is 0 Å². The van der Waals surface area contributed by atoms with Gasteiger partial charge < -0.3 is 10.2 Å². The van der Waals surface area contributed by atoms with Crippen LogP contribution in [-0.2, 0) is 0 Å². The monoisotopic (exact) mass is 240 g/mol. The van der Waals surface area contributed by atoms with Gasteiger partial charge in [0.05, 0.1) is 0 Å². The Kier molecular flexibility index (Phi) is 5.94. The van der Waals surface area contributed by atoms with Crippen molar-refractivity contribution in [3.63, 3.8) is 0 Å². The Balaban J connectivity index is 2.87. The molecule has 1 aliphatic rings. The van der Waals surface area contributed by atoms with Gasteiger partial charge in [0.25, 0.3) is 0 Å². The summed E-state index contributed by atoms with van der Waals surface area (Å²) in [5.74, 6) is 0.871. The third kappa shape index (κ3) is 3.03. The fourth-order valence-electron chi connectivity index (χ4n) is 4.01. The molecule has 0 radical (unpaired) electrons. The first-order valence-corrected chi connectivity index (χ1v) is 7.47. The van der Waals surface area contributed by atoms with Gasteiger partial charge in [-0.3, -0.25) is 0 Å². The highest BCUT2D eigenvalue weighted by Gasteiger charge is 2.41. The number of hydrogen-bond donors (Lipinski definition) is 1. The summed E-state index contributed by atoms with van der Waals surface area (Å²) >= 11 is 0. The molecule has 0 aromatic rings. The lowest BCUT2D eigenvalue weighted by Gasteiger charge is -2.49. The standard InChI is InChI=1S/C15H32N2/c1-6-15(7-2,17(4)5)14(16-3)13-11-9-8-10-12-13/h13-14,16H,6-12H2,1-5H3. The smallest absolute Gasteiger partial charge is 0.0353 e. The molecule has 2 heteroatoms. The number of rotatable bonds is 6. The van der Waals surface area contributed by atoms with Crippen LogP contribution in [0, 0.1) is 5.92 Å². The molecule has 102 valence electrons. The van der Waals surface area contributed by atoms with Gasteiger partial charge in [0.2, 0.25) is 0 Å². The normalized spacial score (nSPS) is 20.8. The van der Waals surface area contributed by atoms with E-state index < -0.39 is 0 Å². The summed E-state index contributed by atoms with van der Waals surface area (Å²) in [6, 6.07) is 0.646. The van der Waals surface area contributed by atoms with Crippen LogP contribution in [0.1, 0.15) is 58.8 Å². The first-order chi connectivity index (χ1) is 8.12. The number of nitrogens with one attached hydrogen (secondary N) is 1. The summed E-state index contributed by atoms with van der Waals surface area (Å²) in [6.45, 7) is 4.69. The van der Waals surface area contributed by atoms with Gasteiger partial charge in [0.15, 0.2) is 0 Å². The minimum atomic E-state index is 0.330. The maximum absolute atomic E-state index is 3.65. The van der Waals surface area contributed by atoms with Crippen molar-refractivity contribution in [1.82, 2.24) is 10.2 Å². The molecule has 0 spiro atoms. The second-order valence-corrected chi connectivity index (χ2v) is 5.87. The molecule has 1 saturated carbocycles. The average molecular weight is 240 g/mol. The van der Waals surface area contributed by atoms with E-state index in [0.29, 0.717) is 11.6 Å². The lowest BCUT2D eigenvalue weighted by Crippen LogP contribution is -2.60. The zero-order valence-electron chi connectivity index (χ0n) is 12.6. The second kappa shape index (κ2) is 6.75. The fraction of sp³-hybridized carbons (Fsp3) is 1.00. The molecule has 1 atom stereocenters. The zero-order chi connectivity index (χ0) is 12.9. The number of hydrogen-bond acceptors (Lipinski definition) is 2. The van der Waals surface area contributed by atoms with Gasteiger partial charge >= 0.3 is 0 Å². The predicted octanol–water partition coefficient (Wildman–Crippen LogP) is 3.28. The molecule has 0 heterocycles. The molecular weight excluding hydrogens is 208 g/mol. The van der Waals surface area contributed by atoms with Crippen molar-refractivity contribution in [2.75, 3.05) is 21.1 Å². The highest BCUT2D eigenvalue weighted by molar-refractivity contribution is 5.00. The van der Waals surface area contributed by atoms with E-state index in [2.05, 4.69) is 45.2 Å². The van der Waals surface area contributed by atoms with Gasteiger partial charge in [-0.05, 0) is 52.7 Å². The molecule has 0 amide bonds. The molecule has 1 aliphatic carbocycles. The predicted molar refractivity (Wildman–Crippen MR) is 76.4 cm³/mol. The molecule has 17 heavy (non-hydrogen) atoms. The van der Waals surface area contributed by atoms with Crippen LogP contribution >= 0.6 is 0 Å². The van der Waals surface area contributed by atoms with Crippen LogP contribution in [0.15, 0.2) is 0 Å². The maximum atomic E-state index is 3.65. The van der Waals surface area contributed by atoms with Gasteiger partial charge in [0, 0.05) is 11.6 Å². The highest BCUT2D eigenvalue weighted by atomic mass is 15.2. The molecule has 1 unspecified atom stereocenters. The van der Waals surface area contributed by atoms with Crippen LogP contribution < -0.4 is 5.32 Å². The third-order valence-corrected chi connectivity index (χ3v) is 5.13. The van der Waals surface area contributed by atoms with Gasteiger partial charge in [-0.2, -0.15) is 0 Å². The van der Waals surface area contributed by atoms with Crippen molar-refractivity contribution in [3.8, 4) is 0 Å². The summed E-state index contributed by atoms with van der Waals surface area (Å²) in [6.07, 6.45) is 9.61. The molecule has 0 aromatic carbocycles. The van der Waals surface area contributed by atoms with E-state index in [4.69, 9.17) is 0 Å². The van der Waals surface area contributed by atoms with Crippen molar-refractivity contribution < 1.29 is 0 Å². The van der Waals surface area contributed by atoms with Crippen molar-refractivity contribution >= 4 is 0 Å². The van der Waals surface area contributed by atoms with E-state index in [1.54, 1.807) is 0 Å². The largest absolute Gasteiger partial charge is 0.315 e. The Labute approximate surface area is 108 Å². The SMILES string of the molecule is CCC(CC)(C(NC)C1CCCCC1)N(C)C. The summed E-state index contributed by atoms with van der Waals surface area (Å²) in [4.78, 5) is 2.46. The van der Waals surface area contributed by atoms with Crippen LogP contribution in [0.4, 0.5) is 0 Å². The molecule has 2 nitrogen and oxygen atoms in total. The van der Waals surface area contributed by atoms with Crippen molar-refractivity contribution in [1.29, 1.82) is 0 Å². The third-order valence-electron chi connectivity index (χ3n) is 5.13. The fourth-order valence-corrected chi connectivity index (χ4v) is 4.01. The molecule has 1 N–H and O–H groups in total. The van der Waals surface area contributed by atoms with E-state index >= 15 is 0 Å². The summed E-state index contributed by atoms with van der Waals surface area (Å²) in [5.41, 5.74) is 0.330.